The number of benzene rings is 1. The summed E-state index contributed by atoms with van der Waals surface area (Å²) in [5.41, 5.74) is -2.09. The summed E-state index contributed by atoms with van der Waals surface area (Å²) in [6, 6.07) is 5.75. The van der Waals surface area contributed by atoms with E-state index in [9.17, 15) is 0 Å². The summed E-state index contributed by atoms with van der Waals surface area (Å²) in [5.74, 6) is 1.43. The van der Waals surface area contributed by atoms with Gasteiger partial charge in [0.25, 0.3) is 0 Å². The van der Waals surface area contributed by atoms with Crippen molar-refractivity contribution < 1.29 is 32.7 Å². The predicted molar refractivity (Wildman–Crippen MR) is 160 cm³/mol. The number of rotatable bonds is 9. The zero-order valence-corrected chi connectivity index (χ0v) is 26.8. The second-order valence-electron chi connectivity index (χ2n) is 14.6. The highest BCUT2D eigenvalue weighted by molar-refractivity contribution is 7.11. The van der Waals surface area contributed by atoms with E-state index in [4.69, 9.17) is 44.3 Å². The van der Waals surface area contributed by atoms with E-state index in [-0.39, 0.29) is 0 Å². The van der Waals surface area contributed by atoms with E-state index in [1.165, 1.54) is 12.8 Å². The molecule has 0 amide bonds. The van der Waals surface area contributed by atoms with Crippen molar-refractivity contribution in [2.75, 3.05) is 6.61 Å². The molecule has 1 aliphatic carbocycles. The SMILES string of the molecule is CC1(C)OB(B2OC(C)(C)C(C)(CCCC3(C)OB(c4cc(Cl)cc(OCC5CC5)c4)OC3(C)C)O2)OC1(C)C. The van der Waals surface area contributed by atoms with Crippen molar-refractivity contribution in [3.05, 3.63) is 23.2 Å². The lowest BCUT2D eigenvalue weighted by Gasteiger charge is -2.40. The maximum atomic E-state index is 6.65. The van der Waals surface area contributed by atoms with E-state index in [2.05, 4.69) is 41.5 Å². The molecule has 7 nitrogen and oxygen atoms in total. The van der Waals surface area contributed by atoms with Gasteiger partial charge in [-0.3, -0.25) is 0 Å². The van der Waals surface area contributed by atoms with Crippen LogP contribution in [0.2, 0.25) is 5.02 Å². The second kappa shape index (κ2) is 10.2. The van der Waals surface area contributed by atoms with Gasteiger partial charge in [0.2, 0.25) is 0 Å². The molecular weight excluding hydrogens is 528 g/mol. The fraction of sp³-hybridized carbons (Fsp3) is 0.793. The quantitative estimate of drug-likeness (QED) is 0.345. The summed E-state index contributed by atoms with van der Waals surface area (Å²) in [6.07, 6.45) is 4.91. The summed E-state index contributed by atoms with van der Waals surface area (Å²) in [5, 5.41) is 0.618. The Labute approximate surface area is 247 Å². The van der Waals surface area contributed by atoms with Crippen LogP contribution in [0.3, 0.4) is 0 Å². The molecule has 0 N–H and O–H groups in total. The van der Waals surface area contributed by atoms with Crippen LogP contribution in [0, 0.1) is 5.92 Å². The summed E-state index contributed by atoms with van der Waals surface area (Å²) < 4.78 is 44.6. The van der Waals surface area contributed by atoms with Crippen molar-refractivity contribution in [1.82, 2.24) is 0 Å². The van der Waals surface area contributed by atoms with Crippen LogP contribution in [0.25, 0.3) is 0 Å². The summed E-state index contributed by atoms with van der Waals surface area (Å²) in [6.45, 7) is 21.5. The summed E-state index contributed by atoms with van der Waals surface area (Å²) >= 11 is 6.46. The Balaban J connectivity index is 1.22. The highest BCUT2D eigenvalue weighted by Crippen LogP contribution is 2.47. The first-order valence-electron chi connectivity index (χ1n) is 14.9. The topological polar surface area (TPSA) is 64.6 Å². The molecule has 3 heterocycles. The zero-order chi connectivity index (χ0) is 29.4. The minimum Gasteiger partial charge on any atom is -0.493 e. The molecule has 3 aliphatic heterocycles. The van der Waals surface area contributed by atoms with Crippen molar-refractivity contribution >= 4 is 38.2 Å². The Morgan fingerprint density at radius 1 is 0.700 bits per heavy atom. The maximum absolute atomic E-state index is 6.65. The van der Waals surface area contributed by atoms with Crippen molar-refractivity contribution in [3.8, 4) is 5.75 Å². The lowest BCUT2D eigenvalue weighted by atomic mass is 9.49. The van der Waals surface area contributed by atoms with Crippen molar-refractivity contribution in [2.24, 2.45) is 5.92 Å². The van der Waals surface area contributed by atoms with Crippen LogP contribution in [-0.4, -0.2) is 61.3 Å². The number of halogens is 1. The Morgan fingerprint density at radius 2 is 1.23 bits per heavy atom. The third-order valence-electron chi connectivity index (χ3n) is 10.3. The Kier molecular flexibility index (Phi) is 7.81. The van der Waals surface area contributed by atoms with Gasteiger partial charge in [-0.1, -0.05) is 11.6 Å². The molecule has 5 rings (SSSR count). The first-order chi connectivity index (χ1) is 18.4. The van der Waals surface area contributed by atoms with Crippen LogP contribution >= 0.6 is 11.6 Å². The van der Waals surface area contributed by atoms with Crippen molar-refractivity contribution in [2.45, 2.75) is 135 Å². The molecule has 11 heteroatoms. The molecule has 1 saturated carbocycles. The van der Waals surface area contributed by atoms with Gasteiger partial charge in [0.05, 0.1) is 40.2 Å². The van der Waals surface area contributed by atoms with Crippen LogP contribution in [0.1, 0.15) is 101 Å². The molecule has 40 heavy (non-hydrogen) atoms. The third kappa shape index (κ3) is 5.76. The van der Waals surface area contributed by atoms with Gasteiger partial charge in [-0.05, 0) is 131 Å². The largest absolute Gasteiger partial charge is 0.495 e. The van der Waals surface area contributed by atoms with Crippen LogP contribution in [0.4, 0.5) is 0 Å². The van der Waals surface area contributed by atoms with E-state index < -0.39 is 54.7 Å². The maximum Gasteiger partial charge on any atom is 0.495 e. The molecule has 0 spiro atoms. The Bertz CT molecular complexity index is 1100. The van der Waals surface area contributed by atoms with Crippen LogP contribution in [-0.2, 0) is 27.9 Å². The van der Waals surface area contributed by atoms with Gasteiger partial charge in [0.1, 0.15) is 5.75 Å². The molecule has 220 valence electrons. The van der Waals surface area contributed by atoms with E-state index in [0.29, 0.717) is 10.9 Å². The monoisotopic (exact) mass is 574 g/mol. The first-order valence-corrected chi connectivity index (χ1v) is 15.2. The van der Waals surface area contributed by atoms with Gasteiger partial charge in [-0.2, -0.15) is 0 Å². The number of hydrogen-bond donors (Lipinski definition) is 0. The zero-order valence-electron chi connectivity index (χ0n) is 26.0. The third-order valence-corrected chi connectivity index (χ3v) is 10.5. The Morgan fingerprint density at radius 3 is 1.82 bits per heavy atom. The lowest BCUT2D eigenvalue weighted by Crippen LogP contribution is -2.47. The molecule has 4 aliphatic rings. The van der Waals surface area contributed by atoms with Gasteiger partial charge in [0.15, 0.2) is 0 Å². The Hall–Kier alpha value is -0.735. The fourth-order valence-electron chi connectivity index (χ4n) is 5.66. The highest BCUT2D eigenvalue weighted by atomic mass is 35.5. The minimum absolute atomic E-state index is 0.447. The summed E-state index contributed by atoms with van der Waals surface area (Å²) in [4.78, 5) is 0. The molecule has 1 aromatic carbocycles. The van der Waals surface area contributed by atoms with Crippen molar-refractivity contribution in [1.29, 1.82) is 0 Å². The van der Waals surface area contributed by atoms with Crippen LogP contribution in [0.5, 0.6) is 5.75 Å². The van der Waals surface area contributed by atoms with Gasteiger partial charge in [-0.25, -0.2) is 0 Å². The standard InChI is InChI=1S/C29H46B3ClO7/c1-24(2)25(3,4)37-31(36-24)32-38-27(7,8)29(10,40-32)15-11-14-28(9)26(5,6)35-30(39-28)21-16-22(33)18-23(17-21)34-19-20-12-13-20/h16-18,20H,11-15,19H2,1-10H3. The molecular formula is C29H46B3ClO7. The second-order valence-corrected chi connectivity index (χ2v) is 15.0. The van der Waals surface area contributed by atoms with E-state index >= 15 is 0 Å². The summed E-state index contributed by atoms with van der Waals surface area (Å²) in [7, 11) is -1.69. The van der Waals surface area contributed by atoms with Gasteiger partial charge < -0.3 is 32.7 Å². The van der Waals surface area contributed by atoms with Crippen molar-refractivity contribution in [3.63, 3.8) is 0 Å². The first kappa shape index (κ1) is 30.7. The normalized spacial score (nSPS) is 32.2. The van der Waals surface area contributed by atoms with Gasteiger partial charge in [-0.15, -0.1) is 0 Å². The average Bonchev–Trinajstić information content (AvgIpc) is 3.51. The molecule has 0 aromatic heterocycles. The fourth-order valence-corrected chi connectivity index (χ4v) is 5.90. The average molecular weight is 575 g/mol. The van der Waals surface area contributed by atoms with E-state index in [1.807, 2.05) is 45.9 Å². The number of hydrogen-bond acceptors (Lipinski definition) is 7. The molecule has 0 radical (unpaired) electrons. The molecule has 2 atom stereocenters. The lowest BCUT2D eigenvalue weighted by molar-refractivity contribution is -0.0377. The van der Waals surface area contributed by atoms with Crippen LogP contribution in [0.15, 0.2) is 18.2 Å². The highest BCUT2D eigenvalue weighted by Gasteiger charge is 2.65. The molecule has 3 saturated heterocycles. The van der Waals surface area contributed by atoms with Crippen LogP contribution < -0.4 is 10.2 Å². The molecule has 0 bridgehead atoms. The predicted octanol–water partition coefficient (Wildman–Crippen LogP) is 5.82. The smallest absolute Gasteiger partial charge is 0.493 e. The molecule has 1 aromatic rings. The molecule has 4 fully saturated rings. The minimum atomic E-state index is -0.595. The molecule has 2 unspecified atom stereocenters. The van der Waals surface area contributed by atoms with E-state index in [0.717, 1.165) is 37.1 Å². The van der Waals surface area contributed by atoms with Gasteiger partial charge >= 0.3 is 21.1 Å². The number of ether oxygens (including phenoxy) is 1. The van der Waals surface area contributed by atoms with Gasteiger partial charge in [0, 0.05) is 5.02 Å². The van der Waals surface area contributed by atoms with E-state index in [1.54, 1.807) is 0 Å².